The van der Waals surface area contributed by atoms with Gasteiger partial charge >= 0.3 is 0 Å². The number of hydrogen-bond donors (Lipinski definition) is 2. The molecule has 0 radical (unpaired) electrons. The third kappa shape index (κ3) is 7.62. The number of anilines is 1. The monoisotopic (exact) mass is 490 g/mol. The van der Waals surface area contributed by atoms with Crippen LogP contribution < -0.4 is 20.1 Å². The highest BCUT2D eigenvalue weighted by Gasteiger charge is 2.14. The number of amides is 1. The molecule has 3 aromatic rings. The van der Waals surface area contributed by atoms with Crippen LogP contribution in [-0.4, -0.2) is 52.1 Å². The number of aromatic nitrogens is 4. The molecule has 1 heterocycles. The minimum Gasteiger partial charge on any atom is -0.493 e. The zero-order valence-corrected chi connectivity index (χ0v) is 20.4. The Morgan fingerprint density at radius 2 is 2.03 bits per heavy atom. The van der Waals surface area contributed by atoms with E-state index in [2.05, 4.69) is 26.2 Å². The van der Waals surface area contributed by atoms with Gasteiger partial charge in [0.05, 0.1) is 12.1 Å². The number of halogens is 1. The number of nitrogens with one attached hydrogen (secondary N) is 2. The lowest BCUT2D eigenvalue weighted by molar-refractivity contribution is -0.118. The number of rotatable bonds is 12. The fraction of sp³-hybridized carbons (Fsp3) is 0.364. The van der Waals surface area contributed by atoms with Gasteiger partial charge in [-0.15, -0.1) is 5.10 Å². The second kappa shape index (κ2) is 12.4. The van der Waals surface area contributed by atoms with Crippen molar-refractivity contribution >= 4 is 35.0 Å². The molecule has 33 heavy (non-hydrogen) atoms. The van der Waals surface area contributed by atoms with Crippen LogP contribution in [0, 0.1) is 6.92 Å². The first-order valence-corrected chi connectivity index (χ1v) is 11.7. The molecule has 0 fully saturated rings. The summed E-state index contributed by atoms with van der Waals surface area (Å²) in [6.07, 6.45) is 0.958. The van der Waals surface area contributed by atoms with E-state index in [0.29, 0.717) is 28.8 Å². The number of methoxy groups -OCH3 is 1. The van der Waals surface area contributed by atoms with Gasteiger partial charge in [-0.3, -0.25) is 4.79 Å². The Morgan fingerprint density at radius 1 is 1.24 bits per heavy atom. The van der Waals surface area contributed by atoms with E-state index in [1.807, 2.05) is 50.4 Å². The topological polar surface area (TPSA) is 103 Å². The van der Waals surface area contributed by atoms with Crippen LogP contribution in [0.5, 0.6) is 11.5 Å². The van der Waals surface area contributed by atoms with E-state index in [-0.39, 0.29) is 12.5 Å². The van der Waals surface area contributed by atoms with E-state index >= 15 is 0 Å². The summed E-state index contributed by atoms with van der Waals surface area (Å²) in [6.45, 7) is 3.26. The molecule has 0 unspecified atom stereocenters. The van der Waals surface area contributed by atoms with Gasteiger partial charge in [0.25, 0.3) is 5.91 Å². The van der Waals surface area contributed by atoms with Crippen LogP contribution in [0.4, 0.5) is 5.69 Å². The van der Waals surface area contributed by atoms with Crippen LogP contribution in [-0.2, 0) is 18.4 Å². The second-order valence-corrected chi connectivity index (χ2v) is 8.75. The first-order valence-electron chi connectivity index (χ1n) is 10.4. The third-order valence-corrected chi connectivity index (χ3v) is 5.99. The summed E-state index contributed by atoms with van der Waals surface area (Å²) in [4.78, 5) is 12.2. The van der Waals surface area contributed by atoms with Gasteiger partial charge < -0.3 is 20.1 Å². The van der Waals surface area contributed by atoms with E-state index < -0.39 is 0 Å². The smallest absolute Gasteiger partial charge is 0.262 e. The van der Waals surface area contributed by atoms with Crippen molar-refractivity contribution in [3.8, 4) is 11.5 Å². The normalized spacial score (nSPS) is 10.8. The van der Waals surface area contributed by atoms with E-state index in [9.17, 15) is 4.79 Å². The van der Waals surface area contributed by atoms with Gasteiger partial charge in [-0.05, 0) is 60.1 Å². The molecule has 0 saturated heterocycles. The molecule has 3 rings (SSSR count). The number of hydrogen-bond acceptors (Lipinski definition) is 8. The zero-order chi connectivity index (χ0) is 23.6. The SMILES string of the molecule is COc1cc(CNCCCSc2nnnn2C)cc(Cl)c1OCC(=O)Nc1ccc(C)cc1. The fourth-order valence-corrected chi connectivity index (χ4v) is 4.00. The van der Waals surface area contributed by atoms with Gasteiger partial charge in [-0.1, -0.05) is 41.1 Å². The highest BCUT2D eigenvalue weighted by molar-refractivity contribution is 7.99. The predicted molar refractivity (Wildman–Crippen MR) is 129 cm³/mol. The Morgan fingerprint density at radius 3 is 2.73 bits per heavy atom. The quantitative estimate of drug-likeness (QED) is 0.294. The summed E-state index contributed by atoms with van der Waals surface area (Å²) in [6, 6.07) is 11.2. The highest BCUT2D eigenvalue weighted by Crippen LogP contribution is 2.36. The summed E-state index contributed by atoms with van der Waals surface area (Å²) in [5.74, 6) is 1.45. The van der Waals surface area contributed by atoms with Gasteiger partial charge in [0.15, 0.2) is 18.1 Å². The van der Waals surface area contributed by atoms with Crippen molar-refractivity contribution in [2.24, 2.45) is 7.05 Å². The number of carbonyl (C=O) groups excluding carboxylic acids is 1. The van der Waals surface area contributed by atoms with E-state index in [1.165, 1.54) is 0 Å². The molecule has 1 aromatic heterocycles. The van der Waals surface area contributed by atoms with Gasteiger partial charge in [0.1, 0.15) is 0 Å². The second-order valence-electron chi connectivity index (χ2n) is 7.28. The lowest BCUT2D eigenvalue weighted by atomic mass is 10.2. The van der Waals surface area contributed by atoms with E-state index in [4.69, 9.17) is 21.1 Å². The molecule has 0 atom stereocenters. The molecule has 176 valence electrons. The Balaban J connectivity index is 1.45. The number of nitrogens with zero attached hydrogens (tertiary/aromatic N) is 4. The number of tetrazole rings is 1. The summed E-state index contributed by atoms with van der Waals surface area (Å²) >= 11 is 8.04. The molecule has 9 nitrogen and oxygen atoms in total. The first kappa shape index (κ1) is 24.8. The molecule has 0 bridgehead atoms. The van der Waals surface area contributed by atoms with Gasteiger partial charge in [-0.2, -0.15) is 0 Å². The van der Waals surface area contributed by atoms with E-state index in [1.54, 1.807) is 23.6 Å². The molecule has 0 spiro atoms. The number of carbonyl (C=O) groups is 1. The molecule has 0 saturated carbocycles. The molecule has 11 heteroatoms. The number of thioether (sulfide) groups is 1. The van der Waals surface area contributed by atoms with Crippen molar-refractivity contribution in [1.82, 2.24) is 25.5 Å². The third-order valence-electron chi connectivity index (χ3n) is 4.61. The van der Waals surface area contributed by atoms with Crippen LogP contribution in [0.3, 0.4) is 0 Å². The summed E-state index contributed by atoms with van der Waals surface area (Å²) in [5, 5.41) is 18.7. The van der Waals surface area contributed by atoms with Crippen LogP contribution in [0.2, 0.25) is 5.02 Å². The van der Waals surface area contributed by atoms with Crippen molar-refractivity contribution in [3.05, 3.63) is 52.5 Å². The molecule has 1 amide bonds. The van der Waals surface area contributed by atoms with Crippen molar-refractivity contribution < 1.29 is 14.3 Å². The van der Waals surface area contributed by atoms with Crippen molar-refractivity contribution in [3.63, 3.8) is 0 Å². The average molecular weight is 491 g/mol. The minimum atomic E-state index is -0.280. The molecule has 0 aliphatic carbocycles. The summed E-state index contributed by atoms with van der Waals surface area (Å²) in [7, 11) is 3.36. The minimum absolute atomic E-state index is 0.180. The number of ether oxygens (including phenoxy) is 2. The van der Waals surface area contributed by atoms with Crippen molar-refractivity contribution in [2.45, 2.75) is 25.0 Å². The van der Waals surface area contributed by atoms with Gasteiger partial charge in [0, 0.05) is 25.0 Å². The molecule has 2 N–H and O–H groups in total. The molecular weight excluding hydrogens is 464 g/mol. The van der Waals surface area contributed by atoms with Crippen LogP contribution >= 0.6 is 23.4 Å². The molecular formula is C22H27ClN6O3S. The van der Waals surface area contributed by atoms with Gasteiger partial charge in [0.2, 0.25) is 5.16 Å². The largest absolute Gasteiger partial charge is 0.493 e. The van der Waals surface area contributed by atoms with E-state index in [0.717, 1.165) is 35.0 Å². The van der Waals surface area contributed by atoms with Crippen LogP contribution in [0.25, 0.3) is 0 Å². The maximum Gasteiger partial charge on any atom is 0.262 e. The fourth-order valence-electron chi connectivity index (χ4n) is 2.92. The average Bonchev–Trinajstić information content (AvgIpc) is 3.21. The zero-order valence-electron chi connectivity index (χ0n) is 18.8. The number of aryl methyl sites for hydroxylation is 2. The first-order chi connectivity index (χ1) is 16.0. The van der Waals surface area contributed by atoms with Crippen LogP contribution in [0.15, 0.2) is 41.6 Å². The standard InChI is InChI=1S/C22H27ClN6O3S/c1-15-5-7-17(8-6-15)25-20(30)14-32-21-18(23)11-16(12-19(21)31-3)13-24-9-4-10-33-22-26-27-28-29(22)2/h5-8,11-12,24H,4,9-10,13-14H2,1-3H3,(H,25,30). The van der Waals surface area contributed by atoms with Gasteiger partial charge in [-0.25, -0.2) is 4.68 Å². The Hall–Kier alpha value is -2.82. The van der Waals surface area contributed by atoms with Crippen molar-refractivity contribution in [1.29, 1.82) is 0 Å². The lowest BCUT2D eigenvalue weighted by Crippen LogP contribution is -2.20. The Kier molecular flexibility index (Phi) is 9.35. The summed E-state index contributed by atoms with van der Waals surface area (Å²) < 4.78 is 12.8. The maximum atomic E-state index is 12.2. The van der Waals surface area contributed by atoms with Crippen molar-refractivity contribution in [2.75, 3.05) is 31.3 Å². The molecule has 2 aromatic carbocycles. The maximum absolute atomic E-state index is 12.2. The molecule has 0 aliphatic rings. The Labute approximate surface area is 202 Å². The molecule has 0 aliphatic heterocycles. The Bertz CT molecular complexity index is 1060. The highest BCUT2D eigenvalue weighted by atomic mass is 35.5. The van der Waals surface area contributed by atoms with Crippen LogP contribution in [0.1, 0.15) is 17.5 Å². The summed E-state index contributed by atoms with van der Waals surface area (Å²) in [5.41, 5.74) is 2.78. The predicted octanol–water partition coefficient (Wildman–Crippen LogP) is 3.47. The number of benzene rings is 2. The lowest BCUT2D eigenvalue weighted by Gasteiger charge is -2.14.